The number of unbranched alkanes of at least 4 members (excludes halogenated alkanes) is 3. The Morgan fingerprint density at radius 2 is 1.68 bits per heavy atom. The lowest BCUT2D eigenvalue weighted by atomic mass is 10.2. The van der Waals surface area contributed by atoms with Crippen LogP contribution in [0.25, 0.3) is 0 Å². The van der Waals surface area contributed by atoms with Crippen molar-refractivity contribution in [3.8, 4) is 5.75 Å². The minimum Gasteiger partial charge on any atom is -0.494 e. The predicted octanol–water partition coefficient (Wildman–Crippen LogP) is 3.40. The van der Waals surface area contributed by atoms with Gasteiger partial charge in [0, 0.05) is 10.6 Å². The highest BCUT2D eigenvalue weighted by molar-refractivity contribution is 5.89. The number of rotatable bonds is 10. The summed E-state index contributed by atoms with van der Waals surface area (Å²) in [6.07, 6.45) is 4.71. The molecule has 1 aromatic rings. The van der Waals surface area contributed by atoms with Crippen molar-refractivity contribution in [2.45, 2.75) is 25.7 Å². The number of hydrogen-bond acceptors (Lipinski definition) is 5. The monoisotopic (exact) mass is 310 g/mol. The first-order chi connectivity index (χ1) is 10.7. The van der Waals surface area contributed by atoms with Crippen molar-refractivity contribution in [3.63, 3.8) is 0 Å². The van der Waals surface area contributed by atoms with E-state index in [4.69, 9.17) is 9.47 Å². The summed E-state index contributed by atoms with van der Waals surface area (Å²) < 4.78 is 22.0. The average molecular weight is 310 g/mol. The molecule has 5 nitrogen and oxygen atoms in total. The molecule has 0 saturated heterocycles. The Morgan fingerprint density at radius 3 is 2.27 bits per heavy atom. The lowest BCUT2D eigenvalue weighted by molar-refractivity contribution is -0.137. The third-order valence-corrected chi connectivity index (χ3v) is 2.88. The van der Waals surface area contributed by atoms with Crippen LogP contribution in [0.3, 0.4) is 0 Å². The van der Waals surface area contributed by atoms with Gasteiger partial charge in [-0.3, -0.25) is 0 Å². The van der Waals surface area contributed by atoms with E-state index >= 15 is 0 Å². The van der Waals surface area contributed by atoms with E-state index < -0.39 is 11.9 Å². The molecule has 0 unspecified atom stereocenters. The lowest BCUT2D eigenvalue weighted by Gasteiger charge is -2.06. The van der Waals surface area contributed by atoms with Crippen molar-refractivity contribution in [1.29, 1.82) is 0 Å². The fourth-order valence-corrected chi connectivity index (χ4v) is 1.71. The van der Waals surface area contributed by atoms with Gasteiger partial charge in [-0.1, -0.05) is 6.58 Å². The van der Waals surface area contributed by atoms with Crippen molar-refractivity contribution >= 4 is 11.9 Å². The van der Waals surface area contributed by atoms with Crippen LogP contribution in [0.2, 0.25) is 0 Å². The molecule has 1 aromatic carbocycles. The Hall–Kier alpha value is -2.37. The number of benzene rings is 1. The molecule has 1 rings (SSSR count). The van der Waals surface area contributed by atoms with Crippen LogP contribution >= 0.6 is 0 Å². The van der Waals surface area contributed by atoms with Crippen molar-refractivity contribution in [2.24, 2.45) is 0 Å². The Labute approximate surface area is 128 Å². The molecule has 0 saturated carbocycles. The van der Waals surface area contributed by atoms with E-state index in [1.165, 1.54) is 12.1 Å². The summed E-state index contributed by atoms with van der Waals surface area (Å²) >= 11 is 0. The van der Waals surface area contributed by atoms with Gasteiger partial charge < -0.3 is 9.47 Å². The minimum atomic E-state index is -1.02. The first-order valence-corrected chi connectivity index (χ1v) is 7.02. The zero-order valence-electron chi connectivity index (χ0n) is 12.3. The van der Waals surface area contributed by atoms with Gasteiger partial charge in [0.2, 0.25) is 0 Å². The van der Waals surface area contributed by atoms with Gasteiger partial charge in [0.05, 0.1) is 18.8 Å². The first-order valence-electron chi connectivity index (χ1n) is 7.02. The molecular formula is C16H19FO5. The molecule has 0 N–H and O–H groups in total. The van der Waals surface area contributed by atoms with E-state index in [0.29, 0.717) is 19.0 Å². The van der Waals surface area contributed by atoms with Crippen molar-refractivity contribution in [1.82, 2.24) is 0 Å². The SMILES string of the molecule is C=CC(=O)OCCCCCCOc1ccc(C(=O)OF)cc1. The van der Waals surface area contributed by atoms with Gasteiger partial charge in [-0.2, -0.15) is 0 Å². The molecular weight excluding hydrogens is 291 g/mol. The molecule has 0 radical (unpaired) electrons. The maximum atomic E-state index is 11.7. The molecule has 0 aliphatic heterocycles. The quantitative estimate of drug-likeness (QED) is 0.376. The fraction of sp³-hybridized carbons (Fsp3) is 0.375. The Bertz CT molecular complexity index is 484. The van der Waals surface area contributed by atoms with Gasteiger partial charge >= 0.3 is 11.9 Å². The van der Waals surface area contributed by atoms with Crippen LogP contribution in [-0.4, -0.2) is 25.2 Å². The predicted molar refractivity (Wildman–Crippen MR) is 78.1 cm³/mol. The smallest absolute Gasteiger partial charge is 0.379 e. The van der Waals surface area contributed by atoms with Crippen LogP contribution in [0.15, 0.2) is 36.9 Å². The summed E-state index contributed by atoms with van der Waals surface area (Å²) in [5.41, 5.74) is 0.129. The Kier molecular flexibility index (Phi) is 8.33. The number of halogens is 1. The van der Waals surface area contributed by atoms with Gasteiger partial charge in [-0.05, 0) is 49.9 Å². The number of ether oxygens (including phenoxy) is 2. The van der Waals surface area contributed by atoms with Crippen molar-refractivity contribution in [2.75, 3.05) is 13.2 Å². The average Bonchev–Trinajstić information content (AvgIpc) is 2.56. The zero-order valence-corrected chi connectivity index (χ0v) is 12.3. The van der Waals surface area contributed by atoms with Crippen molar-refractivity contribution < 1.29 is 28.5 Å². The van der Waals surface area contributed by atoms with Crippen LogP contribution in [-0.2, 0) is 14.5 Å². The van der Waals surface area contributed by atoms with Gasteiger partial charge in [0.25, 0.3) is 0 Å². The molecule has 22 heavy (non-hydrogen) atoms. The number of esters is 1. The summed E-state index contributed by atoms with van der Waals surface area (Å²) in [4.78, 5) is 24.8. The second-order valence-corrected chi connectivity index (χ2v) is 4.52. The highest BCUT2D eigenvalue weighted by atomic mass is 19.3. The van der Waals surface area contributed by atoms with Crippen LogP contribution in [0, 0.1) is 0 Å². The maximum Gasteiger partial charge on any atom is 0.379 e. The highest BCUT2D eigenvalue weighted by Crippen LogP contribution is 2.14. The molecule has 0 amide bonds. The summed E-state index contributed by atoms with van der Waals surface area (Å²) in [5.74, 6) is -0.817. The van der Waals surface area contributed by atoms with E-state index in [1.807, 2.05) is 0 Å². The third-order valence-electron chi connectivity index (χ3n) is 2.88. The minimum absolute atomic E-state index is 0.129. The first kappa shape index (κ1) is 17.7. The fourth-order valence-electron chi connectivity index (χ4n) is 1.71. The summed E-state index contributed by atoms with van der Waals surface area (Å²) in [6, 6.07) is 6.04. The lowest BCUT2D eigenvalue weighted by Crippen LogP contribution is -2.02. The van der Waals surface area contributed by atoms with Crippen LogP contribution in [0.1, 0.15) is 36.0 Å². The van der Waals surface area contributed by atoms with Gasteiger partial charge in [-0.15, -0.1) is 0 Å². The number of carbonyl (C=O) groups is 2. The number of carbonyl (C=O) groups excluding carboxylic acids is 2. The Balaban J connectivity index is 2.08. The summed E-state index contributed by atoms with van der Waals surface area (Å²) in [7, 11) is 0. The topological polar surface area (TPSA) is 61.8 Å². The van der Waals surface area contributed by atoms with Crippen molar-refractivity contribution in [3.05, 3.63) is 42.5 Å². The van der Waals surface area contributed by atoms with Crippen LogP contribution < -0.4 is 4.74 Å². The molecule has 6 heteroatoms. The Morgan fingerprint density at radius 1 is 1.05 bits per heavy atom. The van der Waals surface area contributed by atoms with E-state index in [2.05, 4.69) is 11.5 Å². The van der Waals surface area contributed by atoms with Gasteiger partial charge in [0.15, 0.2) is 0 Å². The van der Waals surface area contributed by atoms with Crippen LogP contribution in [0.5, 0.6) is 5.75 Å². The largest absolute Gasteiger partial charge is 0.494 e. The van der Waals surface area contributed by atoms with E-state index in [9.17, 15) is 14.1 Å². The second kappa shape index (κ2) is 10.4. The second-order valence-electron chi connectivity index (χ2n) is 4.52. The molecule has 0 aliphatic carbocycles. The molecule has 0 aromatic heterocycles. The number of hydrogen-bond donors (Lipinski definition) is 0. The molecule has 0 bridgehead atoms. The van der Waals surface area contributed by atoms with E-state index in [0.717, 1.165) is 31.8 Å². The molecule has 120 valence electrons. The molecule has 0 heterocycles. The van der Waals surface area contributed by atoms with Crippen LogP contribution in [0.4, 0.5) is 4.53 Å². The summed E-state index contributed by atoms with van der Waals surface area (Å²) in [6.45, 7) is 4.26. The van der Waals surface area contributed by atoms with E-state index in [-0.39, 0.29) is 5.56 Å². The third kappa shape index (κ3) is 6.88. The molecule has 0 atom stereocenters. The highest BCUT2D eigenvalue weighted by Gasteiger charge is 2.07. The summed E-state index contributed by atoms with van der Waals surface area (Å²) in [5, 5.41) is 0. The van der Waals surface area contributed by atoms with Gasteiger partial charge in [0.1, 0.15) is 5.75 Å². The molecule has 0 aliphatic rings. The van der Waals surface area contributed by atoms with E-state index in [1.54, 1.807) is 12.1 Å². The molecule has 0 fully saturated rings. The molecule has 0 spiro atoms. The normalized spacial score (nSPS) is 9.86. The maximum absolute atomic E-state index is 11.7. The zero-order chi connectivity index (χ0) is 16.2. The standard InChI is InChI=1S/C16H19FO5/c1-2-15(18)21-12-6-4-3-5-11-20-14-9-7-13(8-10-14)16(19)22-17/h2,7-10H,1,3-6,11-12H2. The van der Waals surface area contributed by atoms with Gasteiger partial charge in [-0.25, -0.2) is 14.5 Å².